The van der Waals surface area contributed by atoms with E-state index in [2.05, 4.69) is 0 Å². The molecule has 0 amide bonds. The van der Waals surface area contributed by atoms with E-state index in [1.165, 1.54) is 0 Å². The first-order chi connectivity index (χ1) is 6.95. The Morgan fingerprint density at radius 2 is 1.00 bits per heavy atom. The summed E-state index contributed by atoms with van der Waals surface area (Å²) in [7, 11) is 0. The van der Waals surface area contributed by atoms with Gasteiger partial charge in [0.2, 0.25) is 0 Å². The SMILES string of the molecule is C(CCC1OCCO1)CC1OCCO1. The second-order valence-electron chi connectivity index (χ2n) is 3.63. The second-order valence-corrected chi connectivity index (χ2v) is 3.63. The zero-order valence-electron chi connectivity index (χ0n) is 8.44. The molecule has 4 nitrogen and oxygen atoms in total. The van der Waals surface area contributed by atoms with Gasteiger partial charge in [-0.15, -0.1) is 0 Å². The molecule has 14 heavy (non-hydrogen) atoms. The fourth-order valence-electron chi connectivity index (χ4n) is 1.77. The molecular weight excluding hydrogens is 184 g/mol. The van der Waals surface area contributed by atoms with Gasteiger partial charge in [-0.3, -0.25) is 0 Å². The van der Waals surface area contributed by atoms with Crippen LogP contribution in [0.15, 0.2) is 0 Å². The third kappa shape index (κ3) is 3.20. The van der Waals surface area contributed by atoms with Gasteiger partial charge in [-0.1, -0.05) is 0 Å². The van der Waals surface area contributed by atoms with E-state index in [4.69, 9.17) is 18.9 Å². The maximum atomic E-state index is 5.34. The fraction of sp³-hybridized carbons (Fsp3) is 1.00. The Hall–Kier alpha value is -0.160. The van der Waals surface area contributed by atoms with E-state index in [1.54, 1.807) is 0 Å². The van der Waals surface area contributed by atoms with Crippen molar-refractivity contribution < 1.29 is 18.9 Å². The molecule has 0 atom stereocenters. The highest BCUT2D eigenvalue weighted by Crippen LogP contribution is 2.16. The highest BCUT2D eigenvalue weighted by atomic mass is 16.7. The lowest BCUT2D eigenvalue weighted by Gasteiger charge is -2.10. The van der Waals surface area contributed by atoms with Crippen LogP contribution in [0.5, 0.6) is 0 Å². The number of hydrogen-bond donors (Lipinski definition) is 0. The number of rotatable bonds is 5. The van der Waals surface area contributed by atoms with Crippen molar-refractivity contribution in [3.05, 3.63) is 0 Å². The molecule has 2 aliphatic heterocycles. The number of hydrogen-bond acceptors (Lipinski definition) is 4. The molecule has 0 spiro atoms. The molecule has 0 unspecified atom stereocenters. The molecule has 0 N–H and O–H groups in total. The predicted octanol–water partition coefficient (Wildman–Crippen LogP) is 1.29. The normalized spacial score (nSPS) is 24.9. The van der Waals surface area contributed by atoms with Crippen LogP contribution < -0.4 is 0 Å². The summed E-state index contributed by atoms with van der Waals surface area (Å²) in [5.74, 6) is 0. The first-order valence-electron chi connectivity index (χ1n) is 5.41. The molecule has 2 fully saturated rings. The molecule has 2 rings (SSSR count). The van der Waals surface area contributed by atoms with Crippen LogP contribution in [-0.4, -0.2) is 39.0 Å². The van der Waals surface area contributed by atoms with Gasteiger partial charge >= 0.3 is 0 Å². The summed E-state index contributed by atoms with van der Waals surface area (Å²) >= 11 is 0. The fourth-order valence-corrected chi connectivity index (χ4v) is 1.77. The van der Waals surface area contributed by atoms with Crippen molar-refractivity contribution in [3.63, 3.8) is 0 Å². The average molecular weight is 202 g/mol. The molecule has 0 bridgehead atoms. The predicted molar refractivity (Wildman–Crippen MR) is 49.9 cm³/mol. The van der Waals surface area contributed by atoms with E-state index in [-0.39, 0.29) is 12.6 Å². The smallest absolute Gasteiger partial charge is 0.157 e. The summed E-state index contributed by atoms with van der Waals surface area (Å²) in [5, 5.41) is 0. The van der Waals surface area contributed by atoms with Crippen molar-refractivity contribution in [2.24, 2.45) is 0 Å². The molecular formula is C10H18O4. The minimum absolute atomic E-state index is 0.0421. The Kier molecular flexibility index (Phi) is 4.19. The summed E-state index contributed by atoms with van der Waals surface area (Å²) in [4.78, 5) is 0. The third-order valence-electron chi connectivity index (χ3n) is 2.51. The summed E-state index contributed by atoms with van der Waals surface area (Å²) < 4.78 is 21.4. The van der Waals surface area contributed by atoms with Gasteiger partial charge in [-0.05, 0) is 25.7 Å². The Bertz CT molecular complexity index is 132. The Morgan fingerprint density at radius 1 is 0.643 bits per heavy atom. The molecule has 0 aromatic heterocycles. The molecule has 2 saturated heterocycles. The van der Waals surface area contributed by atoms with Gasteiger partial charge in [0, 0.05) is 0 Å². The van der Waals surface area contributed by atoms with Crippen LogP contribution in [0, 0.1) is 0 Å². The van der Waals surface area contributed by atoms with Crippen LogP contribution in [-0.2, 0) is 18.9 Å². The largest absolute Gasteiger partial charge is 0.350 e. The molecule has 0 saturated carbocycles. The highest BCUT2D eigenvalue weighted by Gasteiger charge is 2.17. The van der Waals surface area contributed by atoms with E-state index in [0.717, 1.165) is 52.1 Å². The number of unbranched alkanes of at least 4 members (excludes halogenated alkanes) is 1. The lowest BCUT2D eigenvalue weighted by atomic mass is 10.2. The van der Waals surface area contributed by atoms with Crippen molar-refractivity contribution in [1.29, 1.82) is 0 Å². The zero-order valence-corrected chi connectivity index (χ0v) is 8.44. The van der Waals surface area contributed by atoms with Gasteiger partial charge in [0.15, 0.2) is 12.6 Å². The Morgan fingerprint density at radius 3 is 1.36 bits per heavy atom. The van der Waals surface area contributed by atoms with Crippen molar-refractivity contribution in [2.45, 2.75) is 38.3 Å². The maximum absolute atomic E-state index is 5.34. The highest BCUT2D eigenvalue weighted by molar-refractivity contribution is 4.56. The van der Waals surface area contributed by atoms with E-state index in [9.17, 15) is 0 Å². The molecule has 0 aromatic carbocycles. The summed E-state index contributed by atoms with van der Waals surface area (Å²) in [6, 6.07) is 0. The third-order valence-corrected chi connectivity index (χ3v) is 2.51. The van der Waals surface area contributed by atoms with Gasteiger partial charge in [0.05, 0.1) is 26.4 Å². The minimum atomic E-state index is 0.0421. The lowest BCUT2D eigenvalue weighted by Crippen LogP contribution is -2.09. The monoisotopic (exact) mass is 202 g/mol. The Balaban J connectivity index is 1.46. The van der Waals surface area contributed by atoms with Crippen LogP contribution >= 0.6 is 0 Å². The lowest BCUT2D eigenvalue weighted by molar-refractivity contribution is -0.0580. The standard InChI is InChI=1S/C10H18O4/c1(3-9-11-5-6-12-9)2-4-10-13-7-8-14-10/h9-10H,1-8H2. The van der Waals surface area contributed by atoms with Crippen LogP contribution in [0.3, 0.4) is 0 Å². The van der Waals surface area contributed by atoms with Crippen LogP contribution in [0.25, 0.3) is 0 Å². The van der Waals surface area contributed by atoms with Gasteiger partial charge in [-0.2, -0.15) is 0 Å². The zero-order chi connectivity index (χ0) is 9.64. The number of ether oxygens (including phenoxy) is 4. The second kappa shape index (κ2) is 5.66. The van der Waals surface area contributed by atoms with Crippen LogP contribution in [0.2, 0.25) is 0 Å². The van der Waals surface area contributed by atoms with Crippen molar-refractivity contribution >= 4 is 0 Å². The topological polar surface area (TPSA) is 36.9 Å². The van der Waals surface area contributed by atoms with Crippen LogP contribution in [0.1, 0.15) is 25.7 Å². The van der Waals surface area contributed by atoms with E-state index in [0.29, 0.717) is 0 Å². The molecule has 82 valence electrons. The minimum Gasteiger partial charge on any atom is -0.350 e. The molecule has 0 aliphatic carbocycles. The quantitative estimate of drug-likeness (QED) is 0.629. The summed E-state index contributed by atoms with van der Waals surface area (Å²) in [6.07, 6.45) is 4.31. The van der Waals surface area contributed by atoms with Crippen molar-refractivity contribution in [3.8, 4) is 0 Å². The van der Waals surface area contributed by atoms with E-state index in [1.807, 2.05) is 0 Å². The van der Waals surface area contributed by atoms with E-state index >= 15 is 0 Å². The van der Waals surface area contributed by atoms with Gasteiger partial charge in [0.1, 0.15) is 0 Å². The van der Waals surface area contributed by atoms with Gasteiger partial charge < -0.3 is 18.9 Å². The maximum Gasteiger partial charge on any atom is 0.157 e. The molecule has 4 heteroatoms. The van der Waals surface area contributed by atoms with Crippen molar-refractivity contribution in [2.75, 3.05) is 26.4 Å². The molecule has 0 radical (unpaired) electrons. The first-order valence-corrected chi connectivity index (χ1v) is 5.41. The first kappa shape index (κ1) is 10.4. The molecule has 2 aliphatic rings. The van der Waals surface area contributed by atoms with Crippen LogP contribution in [0.4, 0.5) is 0 Å². The van der Waals surface area contributed by atoms with Crippen molar-refractivity contribution in [1.82, 2.24) is 0 Å². The molecule has 2 heterocycles. The van der Waals surface area contributed by atoms with Gasteiger partial charge in [0.25, 0.3) is 0 Å². The summed E-state index contributed by atoms with van der Waals surface area (Å²) in [6.45, 7) is 3.00. The molecule has 0 aromatic rings. The van der Waals surface area contributed by atoms with Gasteiger partial charge in [-0.25, -0.2) is 0 Å². The average Bonchev–Trinajstić information content (AvgIpc) is 2.86. The van der Waals surface area contributed by atoms with E-state index < -0.39 is 0 Å². The Labute approximate surface area is 84.5 Å². The summed E-state index contributed by atoms with van der Waals surface area (Å²) in [5.41, 5.74) is 0.